The number of ketones is 2. The molecule has 3 rings (SSSR count). The van der Waals surface area contributed by atoms with E-state index in [1.54, 1.807) is 11.0 Å². The molecule has 1 aromatic heterocycles. The van der Waals surface area contributed by atoms with E-state index in [1.807, 2.05) is 0 Å². The number of Topliss-reactive ketones (excluding diaryl/α,β-unsaturated/α-hetero) is 1. The Kier molecular flexibility index (Phi) is 4.06. The second-order valence-electron chi connectivity index (χ2n) is 5.77. The van der Waals surface area contributed by atoms with Crippen molar-refractivity contribution >= 4 is 17.4 Å². The molecular formula is C16H15F3N2O3. The Labute approximate surface area is 136 Å². The number of alkyl halides is 3. The zero-order chi connectivity index (χ0) is 17.5. The van der Waals surface area contributed by atoms with Gasteiger partial charge in [-0.25, -0.2) is 4.98 Å². The molecule has 1 aliphatic heterocycles. The summed E-state index contributed by atoms with van der Waals surface area (Å²) in [6, 6.07) is 3.02. The molecule has 1 saturated heterocycles. The summed E-state index contributed by atoms with van der Waals surface area (Å²) < 4.78 is 43.0. The van der Waals surface area contributed by atoms with Crippen molar-refractivity contribution in [1.82, 2.24) is 4.98 Å². The van der Waals surface area contributed by atoms with Crippen LogP contribution in [0.1, 0.15) is 33.7 Å². The first-order valence-electron chi connectivity index (χ1n) is 7.48. The van der Waals surface area contributed by atoms with Crippen LogP contribution in [0.15, 0.2) is 24.0 Å². The van der Waals surface area contributed by atoms with Crippen LogP contribution in [-0.4, -0.2) is 42.9 Å². The summed E-state index contributed by atoms with van der Waals surface area (Å²) in [7, 11) is 1.30. The number of hydrogen-bond donors (Lipinski definition) is 0. The highest BCUT2D eigenvalue weighted by molar-refractivity contribution is 6.23. The smallest absolute Gasteiger partial charge is 0.391 e. The van der Waals surface area contributed by atoms with Crippen LogP contribution >= 0.6 is 0 Å². The van der Waals surface area contributed by atoms with E-state index in [9.17, 15) is 22.8 Å². The third kappa shape index (κ3) is 2.88. The maximum absolute atomic E-state index is 12.7. The number of pyridine rings is 1. The Morgan fingerprint density at radius 2 is 1.88 bits per heavy atom. The van der Waals surface area contributed by atoms with Gasteiger partial charge >= 0.3 is 6.18 Å². The number of nitrogens with zero attached hydrogens (tertiary/aromatic N) is 2. The molecule has 1 aliphatic carbocycles. The highest BCUT2D eigenvalue weighted by Crippen LogP contribution is 2.35. The predicted octanol–water partition coefficient (Wildman–Crippen LogP) is 2.77. The Morgan fingerprint density at radius 1 is 1.21 bits per heavy atom. The molecule has 2 heterocycles. The fourth-order valence-corrected chi connectivity index (χ4v) is 2.97. The molecule has 0 saturated carbocycles. The maximum Gasteiger partial charge on any atom is 0.391 e. The molecule has 24 heavy (non-hydrogen) atoms. The third-order valence-corrected chi connectivity index (χ3v) is 4.35. The lowest BCUT2D eigenvalue weighted by molar-refractivity contribution is -0.179. The number of ether oxygens (including phenoxy) is 1. The minimum absolute atomic E-state index is 0.0104. The Balaban J connectivity index is 1.81. The molecule has 0 aromatic carbocycles. The van der Waals surface area contributed by atoms with Gasteiger partial charge in [-0.3, -0.25) is 9.59 Å². The minimum atomic E-state index is -4.18. The van der Waals surface area contributed by atoms with Crippen LogP contribution in [0.2, 0.25) is 0 Å². The van der Waals surface area contributed by atoms with Crippen molar-refractivity contribution in [3.63, 3.8) is 0 Å². The van der Waals surface area contributed by atoms with Crippen molar-refractivity contribution < 1.29 is 27.5 Å². The molecule has 128 valence electrons. The van der Waals surface area contributed by atoms with Crippen LogP contribution in [0.5, 0.6) is 0 Å². The molecule has 8 heteroatoms. The summed E-state index contributed by atoms with van der Waals surface area (Å²) in [5, 5.41) is 0. The minimum Gasteiger partial charge on any atom is -0.492 e. The normalized spacial score (nSPS) is 19.2. The van der Waals surface area contributed by atoms with Crippen molar-refractivity contribution in [2.24, 2.45) is 5.92 Å². The van der Waals surface area contributed by atoms with Crippen LogP contribution < -0.4 is 4.90 Å². The van der Waals surface area contributed by atoms with Crippen molar-refractivity contribution in [2.75, 3.05) is 25.1 Å². The van der Waals surface area contributed by atoms with Crippen molar-refractivity contribution in [2.45, 2.75) is 19.0 Å². The molecule has 0 unspecified atom stereocenters. The van der Waals surface area contributed by atoms with Gasteiger partial charge < -0.3 is 9.64 Å². The second-order valence-corrected chi connectivity index (χ2v) is 5.77. The van der Waals surface area contributed by atoms with E-state index in [1.165, 1.54) is 13.2 Å². The van der Waals surface area contributed by atoms with Gasteiger partial charge in [0, 0.05) is 19.2 Å². The largest absolute Gasteiger partial charge is 0.492 e. The van der Waals surface area contributed by atoms with Crippen LogP contribution in [0.4, 0.5) is 19.0 Å². The van der Waals surface area contributed by atoms with Crippen LogP contribution in [0, 0.1) is 5.92 Å². The zero-order valence-electron chi connectivity index (χ0n) is 12.9. The van der Waals surface area contributed by atoms with Gasteiger partial charge in [-0.1, -0.05) is 0 Å². The second kappa shape index (κ2) is 5.92. The van der Waals surface area contributed by atoms with Crippen LogP contribution in [-0.2, 0) is 4.74 Å². The fourth-order valence-electron chi connectivity index (χ4n) is 2.97. The van der Waals surface area contributed by atoms with E-state index in [-0.39, 0.29) is 42.9 Å². The van der Waals surface area contributed by atoms with Gasteiger partial charge in [0.15, 0.2) is 5.76 Å². The van der Waals surface area contributed by atoms with Gasteiger partial charge in [0.05, 0.1) is 18.6 Å². The Bertz CT molecular complexity index is 720. The van der Waals surface area contributed by atoms with Gasteiger partial charge in [-0.15, -0.1) is 0 Å². The molecule has 0 N–H and O–H groups in total. The van der Waals surface area contributed by atoms with E-state index >= 15 is 0 Å². The van der Waals surface area contributed by atoms with Crippen LogP contribution in [0.25, 0.3) is 0 Å². The lowest BCUT2D eigenvalue weighted by atomic mass is 9.95. The number of aromatic nitrogens is 1. The van der Waals surface area contributed by atoms with Gasteiger partial charge in [0.25, 0.3) is 0 Å². The first-order chi connectivity index (χ1) is 11.3. The average Bonchev–Trinajstić information content (AvgIpc) is 2.57. The summed E-state index contributed by atoms with van der Waals surface area (Å²) in [5.74, 6) is -1.82. The number of piperidine rings is 1. The molecule has 2 aliphatic rings. The topological polar surface area (TPSA) is 59.5 Å². The molecular weight excluding hydrogens is 325 g/mol. The molecule has 1 aromatic rings. The van der Waals surface area contributed by atoms with Crippen molar-refractivity contribution in [3.8, 4) is 0 Å². The van der Waals surface area contributed by atoms with Gasteiger partial charge in [-0.2, -0.15) is 13.2 Å². The molecule has 0 spiro atoms. The molecule has 1 fully saturated rings. The average molecular weight is 340 g/mol. The number of halogens is 3. The molecule has 0 atom stereocenters. The molecule has 0 bridgehead atoms. The highest BCUT2D eigenvalue weighted by Gasteiger charge is 2.41. The monoisotopic (exact) mass is 340 g/mol. The molecule has 0 amide bonds. The van der Waals surface area contributed by atoms with E-state index in [0.29, 0.717) is 5.82 Å². The predicted molar refractivity (Wildman–Crippen MR) is 79.0 cm³/mol. The highest BCUT2D eigenvalue weighted by atomic mass is 19.4. The van der Waals surface area contributed by atoms with E-state index in [4.69, 9.17) is 4.74 Å². The lowest BCUT2D eigenvalue weighted by Crippen LogP contribution is -2.39. The van der Waals surface area contributed by atoms with Crippen molar-refractivity contribution in [3.05, 3.63) is 35.2 Å². The van der Waals surface area contributed by atoms with Gasteiger partial charge in [-0.05, 0) is 25.0 Å². The summed E-state index contributed by atoms with van der Waals surface area (Å²) in [5.41, 5.74) is 0.157. The number of rotatable bonds is 2. The number of carbonyl (C=O) groups excluding carboxylic acids is 2. The zero-order valence-corrected chi connectivity index (χ0v) is 12.9. The number of hydrogen-bond acceptors (Lipinski definition) is 5. The SMILES string of the molecule is COC1=CC(=O)c2nc(N3CCC(C(F)(F)F)CC3)ccc2C1=O. The summed E-state index contributed by atoms with van der Waals surface area (Å²) in [4.78, 5) is 30.1. The summed E-state index contributed by atoms with van der Waals surface area (Å²) >= 11 is 0. The lowest BCUT2D eigenvalue weighted by Gasteiger charge is -2.34. The standard InChI is InChI=1S/C16H15F3N2O3/c1-24-12-8-11(22)14-10(15(12)23)2-3-13(20-14)21-6-4-9(5-7-21)16(17,18)19/h2-3,8-9H,4-7H2,1H3. The maximum atomic E-state index is 12.7. The molecule has 5 nitrogen and oxygen atoms in total. The first kappa shape index (κ1) is 16.5. The number of methoxy groups -OCH3 is 1. The van der Waals surface area contributed by atoms with E-state index < -0.39 is 23.7 Å². The number of anilines is 1. The summed E-state index contributed by atoms with van der Waals surface area (Å²) in [6.45, 7) is 0.411. The number of fused-ring (bicyclic) bond motifs is 1. The molecule has 0 radical (unpaired) electrons. The van der Waals surface area contributed by atoms with Crippen molar-refractivity contribution in [1.29, 1.82) is 0 Å². The third-order valence-electron chi connectivity index (χ3n) is 4.35. The van der Waals surface area contributed by atoms with E-state index in [2.05, 4.69) is 4.98 Å². The summed E-state index contributed by atoms with van der Waals surface area (Å²) in [6.07, 6.45) is -3.12. The Morgan fingerprint density at radius 3 is 2.46 bits per heavy atom. The van der Waals surface area contributed by atoms with Crippen LogP contribution in [0.3, 0.4) is 0 Å². The van der Waals surface area contributed by atoms with Gasteiger partial charge in [0.1, 0.15) is 11.5 Å². The Hall–Kier alpha value is -2.38. The quantitative estimate of drug-likeness (QED) is 0.828. The number of carbonyl (C=O) groups is 2. The van der Waals surface area contributed by atoms with E-state index in [0.717, 1.165) is 6.08 Å². The first-order valence-corrected chi connectivity index (χ1v) is 7.48. The fraction of sp³-hybridized carbons (Fsp3) is 0.438. The number of allylic oxidation sites excluding steroid dienone is 2. The van der Waals surface area contributed by atoms with Gasteiger partial charge in [0.2, 0.25) is 11.6 Å².